The standard InChI is InChI=1S/C15H22BrNO/c1-11-6-8-12(9-7-11)17-15-5-3-4-14(16)13(15)10-18-2/h3-5,11-12,17H,6-10H2,1-2H3. The summed E-state index contributed by atoms with van der Waals surface area (Å²) in [6.07, 6.45) is 5.23. The van der Waals surface area contributed by atoms with Gasteiger partial charge >= 0.3 is 0 Å². The molecule has 1 fully saturated rings. The highest BCUT2D eigenvalue weighted by Crippen LogP contribution is 2.30. The van der Waals surface area contributed by atoms with Gasteiger partial charge in [0.25, 0.3) is 0 Å². The van der Waals surface area contributed by atoms with Gasteiger partial charge in [0.15, 0.2) is 0 Å². The first-order valence-electron chi connectivity index (χ1n) is 6.73. The maximum Gasteiger partial charge on any atom is 0.0744 e. The molecule has 0 spiro atoms. The summed E-state index contributed by atoms with van der Waals surface area (Å²) in [5, 5.41) is 3.69. The van der Waals surface area contributed by atoms with E-state index in [2.05, 4.69) is 46.4 Å². The number of halogens is 1. The Morgan fingerprint density at radius 1 is 1.28 bits per heavy atom. The minimum atomic E-state index is 0.617. The van der Waals surface area contributed by atoms with Crippen LogP contribution in [0, 0.1) is 5.92 Å². The van der Waals surface area contributed by atoms with E-state index in [9.17, 15) is 0 Å². The molecular formula is C15H22BrNO. The van der Waals surface area contributed by atoms with E-state index in [0.29, 0.717) is 12.6 Å². The van der Waals surface area contributed by atoms with Crippen LogP contribution in [0.5, 0.6) is 0 Å². The second-order valence-corrected chi connectivity index (χ2v) is 6.15. The lowest BCUT2D eigenvalue weighted by Crippen LogP contribution is -2.25. The summed E-state index contributed by atoms with van der Waals surface area (Å²) in [4.78, 5) is 0. The van der Waals surface area contributed by atoms with Crippen molar-refractivity contribution in [3.8, 4) is 0 Å². The van der Waals surface area contributed by atoms with Crippen molar-refractivity contribution in [2.75, 3.05) is 12.4 Å². The maximum absolute atomic E-state index is 5.29. The molecule has 100 valence electrons. The van der Waals surface area contributed by atoms with Crippen molar-refractivity contribution in [1.29, 1.82) is 0 Å². The Morgan fingerprint density at radius 2 is 2.00 bits per heavy atom. The summed E-state index contributed by atoms with van der Waals surface area (Å²) >= 11 is 3.60. The Hall–Kier alpha value is -0.540. The summed E-state index contributed by atoms with van der Waals surface area (Å²) in [5.41, 5.74) is 2.43. The highest BCUT2D eigenvalue weighted by molar-refractivity contribution is 9.10. The molecule has 0 unspecified atom stereocenters. The van der Waals surface area contributed by atoms with Gasteiger partial charge in [-0.05, 0) is 43.7 Å². The van der Waals surface area contributed by atoms with Crippen molar-refractivity contribution >= 4 is 21.6 Å². The number of methoxy groups -OCH3 is 1. The van der Waals surface area contributed by atoms with E-state index in [1.807, 2.05) is 0 Å². The average Bonchev–Trinajstić information content (AvgIpc) is 2.36. The van der Waals surface area contributed by atoms with Crippen molar-refractivity contribution in [3.63, 3.8) is 0 Å². The van der Waals surface area contributed by atoms with E-state index < -0.39 is 0 Å². The fourth-order valence-electron chi connectivity index (χ4n) is 2.61. The van der Waals surface area contributed by atoms with Crippen LogP contribution in [0.2, 0.25) is 0 Å². The minimum absolute atomic E-state index is 0.617. The van der Waals surface area contributed by atoms with Crippen LogP contribution >= 0.6 is 15.9 Å². The monoisotopic (exact) mass is 311 g/mol. The number of hydrogen-bond donors (Lipinski definition) is 1. The first-order valence-corrected chi connectivity index (χ1v) is 7.53. The molecule has 0 atom stereocenters. The molecule has 0 radical (unpaired) electrons. The molecule has 1 N–H and O–H groups in total. The molecule has 2 nitrogen and oxygen atoms in total. The van der Waals surface area contributed by atoms with Gasteiger partial charge in [-0.2, -0.15) is 0 Å². The quantitative estimate of drug-likeness (QED) is 0.878. The molecule has 1 aliphatic carbocycles. The number of anilines is 1. The molecule has 3 heteroatoms. The minimum Gasteiger partial charge on any atom is -0.382 e. The van der Waals surface area contributed by atoms with Crippen molar-refractivity contribution in [3.05, 3.63) is 28.2 Å². The molecule has 0 aromatic heterocycles. The molecule has 1 aliphatic rings. The highest BCUT2D eigenvalue weighted by Gasteiger charge is 2.19. The van der Waals surface area contributed by atoms with E-state index in [4.69, 9.17) is 4.74 Å². The Labute approximate surface area is 118 Å². The topological polar surface area (TPSA) is 21.3 Å². The Kier molecular flexibility index (Phi) is 5.07. The van der Waals surface area contributed by atoms with Crippen molar-refractivity contribution < 1.29 is 4.74 Å². The fourth-order valence-corrected chi connectivity index (χ4v) is 3.09. The molecule has 0 amide bonds. The van der Waals surface area contributed by atoms with E-state index in [-0.39, 0.29) is 0 Å². The van der Waals surface area contributed by atoms with Crippen molar-refractivity contribution in [1.82, 2.24) is 0 Å². The number of hydrogen-bond acceptors (Lipinski definition) is 2. The van der Waals surface area contributed by atoms with Crippen LogP contribution < -0.4 is 5.32 Å². The number of rotatable bonds is 4. The summed E-state index contributed by atoms with van der Waals surface area (Å²) in [7, 11) is 1.74. The molecule has 1 saturated carbocycles. The summed E-state index contributed by atoms with van der Waals surface area (Å²) in [5.74, 6) is 0.893. The lowest BCUT2D eigenvalue weighted by molar-refractivity contribution is 0.184. The van der Waals surface area contributed by atoms with Gasteiger partial charge in [0, 0.05) is 28.9 Å². The Balaban J connectivity index is 2.06. The van der Waals surface area contributed by atoms with Gasteiger partial charge in [0.05, 0.1) is 6.61 Å². The predicted octanol–water partition coefficient (Wildman–Crippen LogP) is 4.59. The van der Waals surface area contributed by atoms with Crippen LogP contribution in [-0.2, 0) is 11.3 Å². The number of benzene rings is 1. The molecule has 0 saturated heterocycles. The van der Waals surface area contributed by atoms with E-state index >= 15 is 0 Å². The zero-order valence-corrected chi connectivity index (χ0v) is 12.8. The third kappa shape index (κ3) is 3.48. The molecule has 0 heterocycles. The molecule has 1 aromatic carbocycles. The molecule has 18 heavy (non-hydrogen) atoms. The van der Waals surface area contributed by atoms with Crippen LogP contribution in [0.15, 0.2) is 22.7 Å². The number of nitrogens with one attached hydrogen (secondary N) is 1. The van der Waals surface area contributed by atoms with Gasteiger partial charge < -0.3 is 10.1 Å². The summed E-state index contributed by atoms with van der Waals surface area (Å²) in [6, 6.07) is 6.92. The summed E-state index contributed by atoms with van der Waals surface area (Å²) in [6.45, 7) is 3.00. The van der Waals surface area contributed by atoms with Gasteiger partial charge in [-0.25, -0.2) is 0 Å². The van der Waals surface area contributed by atoms with Gasteiger partial charge in [0.1, 0.15) is 0 Å². The molecule has 0 bridgehead atoms. The van der Waals surface area contributed by atoms with Gasteiger partial charge in [-0.1, -0.05) is 28.9 Å². The largest absolute Gasteiger partial charge is 0.382 e. The smallest absolute Gasteiger partial charge is 0.0744 e. The van der Waals surface area contributed by atoms with Gasteiger partial charge in [-0.15, -0.1) is 0 Å². The Morgan fingerprint density at radius 3 is 2.67 bits per heavy atom. The van der Waals surface area contributed by atoms with Crippen LogP contribution in [0.25, 0.3) is 0 Å². The molecule has 1 aromatic rings. The van der Waals surface area contributed by atoms with E-state index in [1.165, 1.54) is 36.9 Å². The van der Waals surface area contributed by atoms with Crippen LogP contribution in [0.1, 0.15) is 38.2 Å². The second-order valence-electron chi connectivity index (χ2n) is 5.30. The van der Waals surface area contributed by atoms with Crippen LogP contribution in [0.3, 0.4) is 0 Å². The summed E-state index contributed by atoms with van der Waals surface area (Å²) < 4.78 is 6.41. The van der Waals surface area contributed by atoms with Crippen molar-refractivity contribution in [2.45, 2.75) is 45.3 Å². The average molecular weight is 312 g/mol. The fraction of sp³-hybridized carbons (Fsp3) is 0.600. The van der Waals surface area contributed by atoms with E-state index in [1.54, 1.807) is 7.11 Å². The van der Waals surface area contributed by atoms with Crippen LogP contribution in [-0.4, -0.2) is 13.2 Å². The molecular weight excluding hydrogens is 290 g/mol. The maximum atomic E-state index is 5.29. The predicted molar refractivity (Wildman–Crippen MR) is 79.9 cm³/mol. The molecule has 2 rings (SSSR count). The van der Waals surface area contributed by atoms with Gasteiger partial charge in [0.2, 0.25) is 0 Å². The van der Waals surface area contributed by atoms with Crippen molar-refractivity contribution in [2.24, 2.45) is 5.92 Å². The second kappa shape index (κ2) is 6.58. The highest BCUT2D eigenvalue weighted by atomic mass is 79.9. The molecule has 0 aliphatic heterocycles. The zero-order chi connectivity index (χ0) is 13.0. The third-order valence-corrected chi connectivity index (χ3v) is 4.53. The normalized spacial score (nSPS) is 23.9. The first-order chi connectivity index (χ1) is 8.70. The SMILES string of the molecule is COCc1c(Br)cccc1NC1CCC(C)CC1. The van der Waals surface area contributed by atoms with Crippen LogP contribution in [0.4, 0.5) is 5.69 Å². The lowest BCUT2D eigenvalue weighted by Gasteiger charge is -2.28. The Bertz CT molecular complexity index is 386. The first kappa shape index (κ1) is 13.9. The lowest BCUT2D eigenvalue weighted by atomic mass is 9.87. The van der Waals surface area contributed by atoms with Gasteiger partial charge in [-0.3, -0.25) is 0 Å². The zero-order valence-electron chi connectivity index (χ0n) is 11.2. The van der Waals surface area contributed by atoms with E-state index in [0.717, 1.165) is 10.4 Å². The number of ether oxygens (including phenoxy) is 1. The third-order valence-electron chi connectivity index (χ3n) is 3.78.